The van der Waals surface area contributed by atoms with Gasteiger partial charge in [-0.3, -0.25) is 0 Å². The van der Waals surface area contributed by atoms with Crippen molar-refractivity contribution in [3.05, 3.63) is 109 Å². The summed E-state index contributed by atoms with van der Waals surface area (Å²) in [7, 11) is 4.30. The summed E-state index contributed by atoms with van der Waals surface area (Å²) < 4.78 is 4.60. The fourth-order valence-electron chi connectivity index (χ4n) is 5.78. The monoisotopic (exact) mass is 554 g/mol. The topological polar surface area (TPSA) is 9.86 Å². The zero-order valence-electron chi connectivity index (χ0n) is 20.5. The van der Waals surface area contributed by atoms with Gasteiger partial charge >= 0.3 is 21.7 Å². The van der Waals surface area contributed by atoms with Crippen LogP contribution in [0, 0.1) is 0 Å². The Hall–Kier alpha value is -3.01. The summed E-state index contributed by atoms with van der Waals surface area (Å²) in [4.78, 5) is 0. The Bertz CT molecular complexity index is 1840. The van der Waals surface area contributed by atoms with Gasteiger partial charge in [-0.15, -0.1) is 35.0 Å². The Balaban J connectivity index is 0.000000160. The molecule has 0 amide bonds. The van der Waals surface area contributed by atoms with Crippen molar-refractivity contribution in [2.45, 2.75) is 0 Å². The Morgan fingerprint density at radius 3 is 1.19 bits per heavy atom. The zero-order valence-corrected chi connectivity index (χ0v) is 23.6. The number of aryl methyl sites for hydroxylation is 2. The largest absolute Gasteiger partial charge is 4.00 e. The fourth-order valence-corrected chi connectivity index (χ4v) is 5.78. The molecule has 8 rings (SSSR count). The van der Waals surface area contributed by atoms with Crippen LogP contribution in [0.25, 0.3) is 65.2 Å². The summed E-state index contributed by atoms with van der Waals surface area (Å²) in [6.45, 7) is 0. The van der Waals surface area contributed by atoms with Crippen LogP contribution in [-0.4, -0.2) is 9.13 Å². The van der Waals surface area contributed by atoms with E-state index in [0.717, 1.165) is 0 Å². The molecule has 0 saturated heterocycles. The third kappa shape index (κ3) is 4.00. The van der Waals surface area contributed by atoms with E-state index < -0.39 is 0 Å². The predicted octanol–water partition coefficient (Wildman–Crippen LogP) is 2.41. The minimum Gasteiger partial charge on any atom is -1.00 e. The Kier molecular flexibility index (Phi) is 7.60. The first kappa shape index (κ1) is 27.0. The van der Waals surface area contributed by atoms with Crippen LogP contribution in [-0.2, 0) is 35.8 Å². The number of aromatic nitrogens is 2. The second-order valence-corrected chi connectivity index (χ2v) is 9.14. The van der Waals surface area contributed by atoms with Crippen molar-refractivity contribution in [2.75, 3.05) is 0 Å². The molecule has 2 nitrogen and oxygen atoms in total. The second-order valence-electron chi connectivity index (χ2n) is 9.14. The molecule has 0 aliphatic rings. The Labute approximate surface area is 242 Å². The van der Waals surface area contributed by atoms with E-state index in [1.807, 2.05) is 0 Å². The molecule has 2 aromatic heterocycles. The van der Waals surface area contributed by atoms with Gasteiger partial charge in [0.1, 0.15) is 0 Å². The summed E-state index contributed by atoms with van der Waals surface area (Å²) in [5.74, 6) is 0. The molecule has 180 valence electrons. The Morgan fingerprint density at radius 1 is 0.459 bits per heavy atom. The average molecular weight is 555 g/mol. The molecular formula is C32H24Cl2N2Ti. The molecule has 0 saturated carbocycles. The van der Waals surface area contributed by atoms with Crippen molar-refractivity contribution in [1.82, 2.24) is 9.13 Å². The SMILES string of the molecule is Cn1c2ccccc2c2[cH-]c3ccccc3c21.Cn1c2ccccc2c2[cH-]c3ccccc3c21.[Cl-].[Cl-].[Ti+4]. The van der Waals surface area contributed by atoms with Crippen molar-refractivity contribution in [2.24, 2.45) is 14.1 Å². The summed E-state index contributed by atoms with van der Waals surface area (Å²) >= 11 is 0. The normalized spacial score (nSPS) is 10.9. The summed E-state index contributed by atoms with van der Waals surface area (Å²) in [5, 5.41) is 10.8. The maximum atomic E-state index is 2.30. The number of nitrogens with zero attached hydrogens (tertiary/aromatic N) is 2. The molecule has 37 heavy (non-hydrogen) atoms. The quantitative estimate of drug-likeness (QED) is 0.201. The van der Waals surface area contributed by atoms with Gasteiger partial charge in [0.05, 0.1) is 0 Å². The molecule has 0 radical (unpaired) electrons. The van der Waals surface area contributed by atoms with Gasteiger partial charge in [-0.05, 0) is 23.2 Å². The standard InChI is InChI=1S/2C16H12N.2ClH.Ti/c2*1-17-15-9-5-4-8-13(15)14-10-11-6-2-3-7-12(11)16(14)17;;;/h2*2-10H,1H3;2*1H;/q2*-1;;;+4/p-2. The van der Waals surface area contributed by atoms with Crippen molar-refractivity contribution >= 4 is 65.2 Å². The van der Waals surface area contributed by atoms with Gasteiger partial charge in [0.15, 0.2) is 0 Å². The van der Waals surface area contributed by atoms with Crippen molar-refractivity contribution < 1.29 is 46.5 Å². The van der Waals surface area contributed by atoms with Gasteiger partial charge < -0.3 is 33.9 Å². The van der Waals surface area contributed by atoms with E-state index in [1.54, 1.807) is 0 Å². The van der Waals surface area contributed by atoms with Crippen LogP contribution in [0.4, 0.5) is 0 Å². The summed E-state index contributed by atoms with van der Waals surface area (Å²) in [6.07, 6.45) is 0. The van der Waals surface area contributed by atoms with Crippen LogP contribution >= 0.6 is 0 Å². The zero-order chi connectivity index (χ0) is 22.8. The maximum absolute atomic E-state index is 2.30. The van der Waals surface area contributed by atoms with E-state index in [2.05, 4.69) is 132 Å². The number of fused-ring (bicyclic) bond motifs is 10. The third-order valence-corrected chi connectivity index (χ3v) is 7.32. The Morgan fingerprint density at radius 2 is 0.784 bits per heavy atom. The van der Waals surface area contributed by atoms with E-state index in [0.29, 0.717) is 0 Å². The molecule has 0 unspecified atom stereocenters. The summed E-state index contributed by atoms with van der Waals surface area (Å²) in [5.41, 5.74) is 5.31. The molecule has 2 heterocycles. The minimum atomic E-state index is 0. The van der Waals surface area contributed by atoms with Crippen LogP contribution in [0.2, 0.25) is 0 Å². The van der Waals surface area contributed by atoms with Crippen LogP contribution < -0.4 is 24.8 Å². The maximum Gasteiger partial charge on any atom is 4.00 e. The van der Waals surface area contributed by atoms with E-state index >= 15 is 0 Å². The van der Waals surface area contributed by atoms with Crippen LogP contribution in [0.3, 0.4) is 0 Å². The van der Waals surface area contributed by atoms with Crippen LogP contribution in [0.15, 0.2) is 109 Å². The number of para-hydroxylation sites is 2. The van der Waals surface area contributed by atoms with Crippen molar-refractivity contribution in [1.29, 1.82) is 0 Å². The van der Waals surface area contributed by atoms with Crippen LogP contribution in [0.5, 0.6) is 0 Å². The molecule has 5 heteroatoms. The molecule has 6 aromatic carbocycles. The number of hydrogen-bond donors (Lipinski definition) is 0. The molecule has 0 aliphatic carbocycles. The smallest absolute Gasteiger partial charge is 1.00 e. The predicted molar refractivity (Wildman–Crippen MR) is 147 cm³/mol. The van der Waals surface area contributed by atoms with Crippen LogP contribution in [0.1, 0.15) is 0 Å². The first-order valence-electron chi connectivity index (χ1n) is 11.8. The van der Waals surface area contributed by atoms with Gasteiger partial charge in [-0.2, -0.15) is 0 Å². The molecule has 8 aromatic rings. The van der Waals surface area contributed by atoms with Gasteiger partial charge in [0, 0.05) is 25.1 Å². The van der Waals surface area contributed by atoms with Crippen molar-refractivity contribution in [3.8, 4) is 0 Å². The average Bonchev–Trinajstić information content (AvgIpc) is 3.60. The molecule has 0 bridgehead atoms. The second kappa shape index (κ2) is 10.4. The van der Waals surface area contributed by atoms with Gasteiger partial charge in [0.25, 0.3) is 0 Å². The molecular weight excluding hydrogens is 531 g/mol. The first-order valence-corrected chi connectivity index (χ1v) is 11.8. The number of benzene rings is 4. The molecule has 0 N–H and O–H groups in total. The van der Waals surface area contributed by atoms with Gasteiger partial charge in [0.2, 0.25) is 0 Å². The molecule has 0 aliphatic heterocycles. The molecule has 0 spiro atoms. The third-order valence-electron chi connectivity index (χ3n) is 7.32. The van der Waals surface area contributed by atoms with Crippen molar-refractivity contribution in [3.63, 3.8) is 0 Å². The number of hydrogen-bond acceptors (Lipinski definition) is 0. The summed E-state index contributed by atoms with van der Waals surface area (Å²) in [6, 6.07) is 39.0. The van der Waals surface area contributed by atoms with Gasteiger partial charge in [-0.25, -0.2) is 0 Å². The van der Waals surface area contributed by atoms with E-state index in [4.69, 9.17) is 0 Å². The minimum absolute atomic E-state index is 0. The van der Waals surface area contributed by atoms with E-state index in [-0.39, 0.29) is 46.5 Å². The molecule has 0 atom stereocenters. The fraction of sp³-hybridized carbons (Fsp3) is 0.0625. The number of rotatable bonds is 0. The number of halogens is 2. The van der Waals surface area contributed by atoms with Gasteiger partial charge in [-0.1, -0.05) is 105 Å². The first-order chi connectivity index (χ1) is 16.7. The van der Waals surface area contributed by atoms with E-state index in [9.17, 15) is 0 Å². The van der Waals surface area contributed by atoms with E-state index in [1.165, 1.54) is 65.2 Å². The molecule has 0 fully saturated rings.